The molecule has 160 valence electrons. The Labute approximate surface area is 168 Å². The van der Waals surface area contributed by atoms with Crippen molar-refractivity contribution in [3.63, 3.8) is 0 Å². The topological polar surface area (TPSA) is 194 Å². The molecular formula is C16H29N5O6S. The van der Waals surface area contributed by atoms with Crippen molar-refractivity contribution in [1.29, 1.82) is 0 Å². The highest BCUT2D eigenvalue weighted by Gasteiger charge is 2.31. The fourth-order valence-electron chi connectivity index (χ4n) is 2.12. The molecule has 28 heavy (non-hydrogen) atoms. The van der Waals surface area contributed by atoms with Crippen LogP contribution >= 0.6 is 12.6 Å². The Balaban J connectivity index is 5.23. The first-order chi connectivity index (χ1) is 12.9. The second kappa shape index (κ2) is 12.2. The zero-order chi connectivity index (χ0) is 22.0. The van der Waals surface area contributed by atoms with Crippen molar-refractivity contribution in [3.8, 4) is 0 Å². The third-order valence-electron chi connectivity index (χ3n) is 4.04. The molecule has 0 aliphatic heterocycles. The number of rotatable bonds is 12. The van der Waals surface area contributed by atoms with Crippen LogP contribution in [0.4, 0.5) is 0 Å². The molecule has 0 fully saturated rings. The summed E-state index contributed by atoms with van der Waals surface area (Å²) < 4.78 is 0. The molecule has 11 nitrogen and oxygen atoms in total. The van der Waals surface area contributed by atoms with Gasteiger partial charge in [-0.1, -0.05) is 20.3 Å². The molecule has 0 spiro atoms. The summed E-state index contributed by atoms with van der Waals surface area (Å²) in [7, 11) is 0. The van der Waals surface area contributed by atoms with Gasteiger partial charge in [-0.3, -0.25) is 19.2 Å². The number of carbonyl (C=O) groups excluding carboxylic acids is 4. The molecule has 0 rings (SSSR count). The summed E-state index contributed by atoms with van der Waals surface area (Å²) in [6.45, 7) is 5.04. The van der Waals surface area contributed by atoms with Crippen molar-refractivity contribution in [2.75, 3.05) is 5.75 Å². The average Bonchev–Trinajstić information content (AvgIpc) is 2.61. The molecule has 0 bridgehead atoms. The first-order valence-electron chi connectivity index (χ1n) is 8.73. The maximum atomic E-state index is 12.6. The third kappa shape index (κ3) is 8.57. The van der Waals surface area contributed by atoms with Gasteiger partial charge in [-0.05, 0) is 12.8 Å². The van der Waals surface area contributed by atoms with Gasteiger partial charge < -0.3 is 32.5 Å². The predicted molar refractivity (Wildman–Crippen MR) is 104 cm³/mol. The average molecular weight is 420 g/mol. The summed E-state index contributed by atoms with van der Waals surface area (Å²) in [6, 6.07) is -4.50. The van der Waals surface area contributed by atoms with E-state index in [0.29, 0.717) is 6.42 Å². The number of carboxylic acid groups (broad SMARTS) is 1. The van der Waals surface area contributed by atoms with E-state index in [-0.39, 0.29) is 11.7 Å². The lowest BCUT2D eigenvalue weighted by atomic mass is 9.97. The lowest BCUT2D eigenvalue weighted by molar-refractivity contribution is -0.143. The first kappa shape index (κ1) is 25.7. The van der Waals surface area contributed by atoms with E-state index in [9.17, 15) is 24.0 Å². The summed E-state index contributed by atoms with van der Waals surface area (Å²) in [4.78, 5) is 58.9. The fraction of sp³-hybridized carbons (Fsp3) is 0.688. The quantitative estimate of drug-likeness (QED) is 0.173. The SMILES string of the molecule is CCC(C)C(NC(=O)C(C)N)C(=O)NC(CS)C(=O)NC(CC(N)=O)C(=O)O. The summed E-state index contributed by atoms with van der Waals surface area (Å²) in [5, 5.41) is 16.2. The number of carbonyl (C=O) groups is 5. The van der Waals surface area contributed by atoms with E-state index in [0.717, 1.165) is 0 Å². The summed E-state index contributed by atoms with van der Waals surface area (Å²) >= 11 is 4.00. The molecule has 5 atom stereocenters. The van der Waals surface area contributed by atoms with E-state index >= 15 is 0 Å². The van der Waals surface area contributed by atoms with E-state index < -0.39 is 60.2 Å². The van der Waals surface area contributed by atoms with Crippen molar-refractivity contribution >= 4 is 42.2 Å². The molecule has 0 radical (unpaired) electrons. The van der Waals surface area contributed by atoms with Gasteiger partial charge in [0.05, 0.1) is 12.5 Å². The molecule has 0 aromatic heterocycles. The number of thiol groups is 1. The minimum Gasteiger partial charge on any atom is -0.480 e. The Morgan fingerprint density at radius 2 is 1.50 bits per heavy atom. The summed E-state index contributed by atoms with van der Waals surface area (Å²) in [5.41, 5.74) is 10.5. The van der Waals surface area contributed by atoms with Crippen LogP contribution in [0.2, 0.25) is 0 Å². The van der Waals surface area contributed by atoms with Crippen LogP contribution in [0.15, 0.2) is 0 Å². The number of nitrogens with one attached hydrogen (secondary N) is 3. The number of primary amides is 1. The molecule has 0 saturated heterocycles. The lowest BCUT2D eigenvalue weighted by Crippen LogP contribution is -2.59. The number of amides is 4. The number of hydrogen-bond donors (Lipinski definition) is 7. The molecule has 0 saturated carbocycles. The highest BCUT2D eigenvalue weighted by molar-refractivity contribution is 7.80. The highest BCUT2D eigenvalue weighted by Crippen LogP contribution is 2.09. The maximum absolute atomic E-state index is 12.6. The second-order valence-corrected chi connectivity index (χ2v) is 6.84. The molecule has 12 heteroatoms. The van der Waals surface area contributed by atoms with Gasteiger partial charge in [-0.25, -0.2) is 4.79 Å². The molecule has 5 unspecified atom stereocenters. The molecule has 0 aromatic carbocycles. The third-order valence-corrected chi connectivity index (χ3v) is 4.41. The minimum absolute atomic E-state index is 0.144. The van der Waals surface area contributed by atoms with Crippen molar-refractivity contribution < 1.29 is 29.1 Å². The first-order valence-corrected chi connectivity index (χ1v) is 9.36. The monoisotopic (exact) mass is 419 g/mol. The van der Waals surface area contributed by atoms with Crippen LogP contribution in [0.3, 0.4) is 0 Å². The van der Waals surface area contributed by atoms with Gasteiger partial charge in [0.1, 0.15) is 18.1 Å². The zero-order valence-electron chi connectivity index (χ0n) is 16.1. The Hall–Kier alpha value is -2.34. The van der Waals surface area contributed by atoms with E-state index in [4.69, 9.17) is 16.6 Å². The van der Waals surface area contributed by atoms with Gasteiger partial charge in [-0.15, -0.1) is 0 Å². The Morgan fingerprint density at radius 3 is 1.89 bits per heavy atom. The van der Waals surface area contributed by atoms with Crippen LogP contribution in [-0.2, 0) is 24.0 Å². The molecule has 8 N–H and O–H groups in total. The second-order valence-electron chi connectivity index (χ2n) is 6.47. The highest BCUT2D eigenvalue weighted by atomic mass is 32.1. The van der Waals surface area contributed by atoms with Gasteiger partial charge in [0, 0.05) is 5.75 Å². The van der Waals surface area contributed by atoms with Crippen molar-refractivity contribution in [1.82, 2.24) is 16.0 Å². The van der Waals surface area contributed by atoms with Crippen molar-refractivity contribution in [3.05, 3.63) is 0 Å². The molecule has 0 aliphatic carbocycles. The smallest absolute Gasteiger partial charge is 0.326 e. The van der Waals surface area contributed by atoms with Gasteiger partial charge >= 0.3 is 5.97 Å². The van der Waals surface area contributed by atoms with Gasteiger partial charge in [0.2, 0.25) is 23.6 Å². The minimum atomic E-state index is -1.53. The Morgan fingerprint density at radius 1 is 0.964 bits per heavy atom. The van der Waals surface area contributed by atoms with E-state index in [1.165, 1.54) is 6.92 Å². The normalized spacial score (nSPS) is 16.0. The molecular weight excluding hydrogens is 390 g/mol. The summed E-state index contributed by atoms with van der Waals surface area (Å²) in [5.74, 6) is -4.77. The van der Waals surface area contributed by atoms with Crippen LogP contribution in [-0.4, -0.2) is 64.6 Å². The van der Waals surface area contributed by atoms with Crippen LogP contribution in [0.5, 0.6) is 0 Å². The standard InChI is InChI=1S/C16H29N5O6S/c1-4-7(2)12(21-13(23)8(3)17)15(25)20-10(6-28)14(24)19-9(16(26)27)5-11(18)22/h7-10,12,28H,4-6,17H2,1-3H3,(H2,18,22)(H,19,24)(H,20,25)(H,21,23)(H,26,27). The molecule has 4 amide bonds. The molecule has 0 aromatic rings. The molecule has 0 heterocycles. The Kier molecular flexibility index (Phi) is 11.2. The number of nitrogens with two attached hydrogens (primary N) is 2. The Bertz CT molecular complexity index is 600. The lowest BCUT2D eigenvalue weighted by Gasteiger charge is -2.27. The van der Waals surface area contributed by atoms with Crippen LogP contribution < -0.4 is 27.4 Å². The van der Waals surface area contributed by atoms with Crippen LogP contribution in [0.25, 0.3) is 0 Å². The largest absolute Gasteiger partial charge is 0.480 e. The van der Waals surface area contributed by atoms with E-state index in [1.54, 1.807) is 6.92 Å². The van der Waals surface area contributed by atoms with Gasteiger partial charge in [-0.2, -0.15) is 12.6 Å². The van der Waals surface area contributed by atoms with E-state index in [2.05, 4.69) is 28.6 Å². The van der Waals surface area contributed by atoms with E-state index in [1.807, 2.05) is 6.92 Å². The van der Waals surface area contributed by atoms with Gasteiger partial charge in [0.15, 0.2) is 0 Å². The van der Waals surface area contributed by atoms with Gasteiger partial charge in [0.25, 0.3) is 0 Å². The van der Waals surface area contributed by atoms with Crippen molar-refractivity contribution in [2.24, 2.45) is 17.4 Å². The number of hydrogen-bond acceptors (Lipinski definition) is 7. The number of carboxylic acids is 1. The predicted octanol–water partition coefficient (Wildman–Crippen LogP) is -2.28. The zero-order valence-corrected chi connectivity index (χ0v) is 17.0. The van der Waals surface area contributed by atoms with Crippen molar-refractivity contribution in [2.45, 2.75) is 57.8 Å². The molecule has 0 aliphatic rings. The van der Waals surface area contributed by atoms with Crippen LogP contribution in [0.1, 0.15) is 33.6 Å². The summed E-state index contributed by atoms with van der Waals surface area (Å²) in [6.07, 6.45) is -0.0387. The van der Waals surface area contributed by atoms with Crippen LogP contribution in [0, 0.1) is 5.92 Å². The fourth-order valence-corrected chi connectivity index (χ4v) is 2.37. The maximum Gasteiger partial charge on any atom is 0.326 e. The number of aliphatic carboxylic acids is 1.